The summed E-state index contributed by atoms with van der Waals surface area (Å²) in [7, 11) is 0. The summed E-state index contributed by atoms with van der Waals surface area (Å²) in [5, 5.41) is 7.30. The van der Waals surface area contributed by atoms with E-state index in [-0.39, 0.29) is 6.04 Å². The molecule has 0 unspecified atom stereocenters. The fraction of sp³-hybridized carbons (Fsp3) is 0.429. The molecule has 1 fully saturated rings. The molecule has 0 saturated carbocycles. The van der Waals surface area contributed by atoms with Crippen LogP contribution in [0.15, 0.2) is 22.3 Å². The molecule has 1 atom stereocenters. The second-order valence-electron chi connectivity index (χ2n) is 5.09. The molecular weight excluding hydrogens is 286 g/mol. The van der Waals surface area contributed by atoms with E-state index in [1.165, 1.54) is 0 Å². The fourth-order valence-electron chi connectivity index (χ4n) is 2.84. The maximum atomic E-state index is 5.26. The minimum Gasteiger partial charge on any atom is -0.346 e. The molecule has 1 saturated heterocycles. The lowest BCUT2D eigenvalue weighted by Gasteiger charge is -2.23. The van der Waals surface area contributed by atoms with Crippen LogP contribution in [0.1, 0.15) is 37.5 Å². The van der Waals surface area contributed by atoms with Crippen molar-refractivity contribution in [2.24, 2.45) is 0 Å². The van der Waals surface area contributed by atoms with Crippen LogP contribution >= 0.6 is 11.3 Å². The summed E-state index contributed by atoms with van der Waals surface area (Å²) < 4.78 is 5.26. The van der Waals surface area contributed by atoms with E-state index in [1.807, 2.05) is 6.92 Å². The Hall–Kier alpha value is -2.02. The fourth-order valence-corrected chi connectivity index (χ4v) is 3.57. The first kappa shape index (κ1) is 12.7. The Kier molecular flexibility index (Phi) is 3.07. The van der Waals surface area contributed by atoms with Gasteiger partial charge in [0.25, 0.3) is 0 Å². The van der Waals surface area contributed by atoms with E-state index >= 15 is 0 Å². The number of hydrogen-bond acceptors (Lipinski definition) is 7. The largest absolute Gasteiger partial charge is 0.346 e. The zero-order valence-corrected chi connectivity index (χ0v) is 12.5. The number of nitrogens with zero attached hydrogens (tertiary/aromatic N) is 5. The van der Waals surface area contributed by atoms with E-state index in [9.17, 15) is 0 Å². The summed E-state index contributed by atoms with van der Waals surface area (Å²) in [4.78, 5) is 16.6. The monoisotopic (exact) mass is 301 g/mol. The highest BCUT2D eigenvalue weighted by Gasteiger charge is 2.32. The van der Waals surface area contributed by atoms with Crippen molar-refractivity contribution in [1.29, 1.82) is 0 Å². The van der Waals surface area contributed by atoms with Gasteiger partial charge in [0, 0.05) is 13.0 Å². The summed E-state index contributed by atoms with van der Waals surface area (Å²) in [5.74, 6) is 2.44. The molecule has 0 aliphatic carbocycles. The van der Waals surface area contributed by atoms with Crippen molar-refractivity contribution in [2.45, 2.75) is 32.2 Å². The number of rotatable bonds is 3. The average molecular weight is 301 g/mol. The molecule has 0 N–H and O–H groups in total. The second-order valence-corrected chi connectivity index (χ2v) is 5.98. The van der Waals surface area contributed by atoms with E-state index in [0.29, 0.717) is 5.89 Å². The highest BCUT2D eigenvalue weighted by atomic mass is 32.1. The topological polar surface area (TPSA) is 67.9 Å². The van der Waals surface area contributed by atoms with Gasteiger partial charge in [-0.05, 0) is 24.3 Å². The van der Waals surface area contributed by atoms with Gasteiger partial charge < -0.3 is 9.42 Å². The number of aromatic nitrogens is 4. The summed E-state index contributed by atoms with van der Waals surface area (Å²) in [6, 6.07) is 2.23. The molecule has 3 aromatic heterocycles. The van der Waals surface area contributed by atoms with Crippen LogP contribution in [-0.2, 0) is 6.42 Å². The lowest BCUT2D eigenvalue weighted by Crippen LogP contribution is -2.24. The van der Waals surface area contributed by atoms with E-state index in [2.05, 4.69) is 36.5 Å². The van der Waals surface area contributed by atoms with Crippen molar-refractivity contribution in [2.75, 3.05) is 11.4 Å². The zero-order valence-electron chi connectivity index (χ0n) is 11.7. The number of thiophene rings is 1. The van der Waals surface area contributed by atoms with Gasteiger partial charge in [-0.2, -0.15) is 4.98 Å². The number of hydrogen-bond donors (Lipinski definition) is 0. The quantitative estimate of drug-likeness (QED) is 0.741. The van der Waals surface area contributed by atoms with Crippen LogP contribution in [0.3, 0.4) is 0 Å². The van der Waals surface area contributed by atoms with Crippen LogP contribution in [0, 0.1) is 0 Å². The molecule has 4 heterocycles. The van der Waals surface area contributed by atoms with Crippen LogP contribution in [-0.4, -0.2) is 26.7 Å². The molecule has 0 radical (unpaired) electrons. The molecule has 3 aromatic rings. The Labute approximate surface area is 125 Å². The Morgan fingerprint density at radius 3 is 3.24 bits per heavy atom. The van der Waals surface area contributed by atoms with Crippen molar-refractivity contribution in [3.8, 4) is 0 Å². The molecule has 0 bridgehead atoms. The number of anilines is 1. The van der Waals surface area contributed by atoms with Crippen molar-refractivity contribution < 1.29 is 4.52 Å². The lowest BCUT2D eigenvalue weighted by molar-refractivity contribution is 0.373. The van der Waals surface area contributed by atoms with Crippen molar-refractivity contribution >= 4 is 27.4 Å². The molecule has 21 heavy (non-hydrogen) atoms. The van der Waals surface area contributed by atoms with Gasteiger partial charge in [0.1, 0.15) is 17.0 Å². The third kappa shape index (κ3) is 2.08. The highest BCUT2D eigenvalue weighted by Crippen LogP contribution is 2.37. The zero-order chi connectivity index (χ0) is 14.2. The van der Waals surface area contributed by atoms with Crippen LogP contribution in [0.5, 0.6) is 0 Å². The smallest absolute Gasteiger partial charge is 0.226 e. The van der Waals surface area contributed by atoms with Gasteiger partial charge in [-0.15, -0.1) is 11.3 Å². The molecule has 6 nitrogen and oxygen atoms in total. The normalized spacial score (nSPS) is 18.7. The molecule has 108 valence electrons. The molecule has 0 spiro atoms. The summed E-state index contributed by atoms with van der Waals surface area (Å²) in [5.41, 5.74) is 0. The van der Waals surface area contributed by atoms with Crippen LogP contribution in [0.25, 0.3) is 10.2 Å². The Morgan fingerprint density at radius 2 is 2.38 bits per heavy atom. The molecular formula is C14H15N5OS. The first-order chi connectivity index (χ1) is 10.4. The molecule has 0 aromatic carbocycles. The van der Waals surface area contributed by atoms with Gasteiger partial charge >= 0.3 is 0 Å². The summed E-state index contributed by atoms with van der Waals surface area (Å²) in [6.07, 6.45) is 4.54. The first-order valence-corrected chi connectivity index (χ1v) is 8.02. The van der Waals surface area contributed by atoms with Gasteiger partial charge in [-0.25, -0.2) is 9.97 Å². The summed E-state index contributed by atoms with van der Waals surface area (Å²) in [6.45, 7) is 2.98. The molecule has 7 heteroatoms. The maximum absolute atomic E-state index is 5.26. The molecule has 1 aliphatic heterocycles. The SMILES string of the molecule is CCc1nc([C@@H]2CCCN2c2ncnc3sccc23)no1. The summed E-state index contributed by atoms with van der Waals surface area (Å²) >= 11 is 1.64. The predicted molar refractivity (Wildman–Crippen MR) is 80.4 cm³/mol. The van der Waals surface area contributed by atoms with E-state index in [1.54, 1.807) is 17.7 Å². The number of fused-ring (bicyclic) bond motifs is 1. The lowest BCUT2D eigenvalue weighted by atomic mass is 10.2. The maximum Gasteiger partial charge on any atom is 0.226 e. The Balaban J connectivity index is 1.74. The average Bonchev–Trinajstić information content (AvgIpc) is 3.25. The third-order valence-electron chi connectivity index (χ3n) is 3.85. The van der Waals surface area contributed by atoms with Gasteiger partial charge in [0.05, 0.1) is 11.4 Å². The Morgan fingerprint density at radius 1 is 1.43 bits per heavy atom. The van der Waals surface area contributed by atoms with Crippen LogP contribution in [0.4, 0.5) is 5.82 Å². The predicted octanol–water partition coefficient (Wildman–Crippen LogP) is 2.98. The van der Waals surface area contributed by atoms with Gasteiger partial charge in [0.15, 0.2) is 5.82 Å². The van der Waals surface area contributed by atoms with E-state index in [0.717, 1.165) is 47.7 Å². The van der Waals surface area contributed by atoms with Crippen molar-refractivity contribution in [1.82, 2.24) is 20.1 Å². The highest BCUT2D eigenvalue weighted by molar-refractivity contribution is 7.16. The first-order valence-electron chi connectivity index (χ1n) is 7.14. The molecule has 0 amide bonds. The second kappa shape index (κ2) is 5.07. The Bertz CT molecular complexity index is 767. The van der Waals surface area contributed by atoms with Crippen molar-refractivity contribution in [3.05, 3.63) is 29.5 Å². The van der Waals surface area contributed by atoms with Crippen LogP contribution < -0.4 is 4.90 Å². The third-order valence-corrected chi connectivity index (χ3v) is 4.67. The van der Waals surface area contributed by atoms with Gasteiger partial charge in [-0.1, -0.05) is 12.1 Å². The standard InChI is InChI=1S/C14H15N5OS/c1-2-11-17-12(18-20-11)10-4-3-6-19(10)13-9-5-7-21-14(9)16-8-15-13/h5,7-8,10H,2-4,6H2,1H3/t10-/m0/s1. The van der Waals surface area contributed by atoms with E-state index in [4.69, 9.17) is 4.52 Å². The minimum absolute atomic E-state index is 0.145. The van der Waals surface area contributed by atoms with E-state index < -0.39 is 0 Å². The number of aryl methyl sites for hydroxylation is 1. The van der Waals surface area contributed by atoms with Gasteiger partial charge in [-0.3, -0.25) is 0 Å². The molecule has 4 rings (SSSR count). The van der Waals surface area contributed by atoms with Crippen molar-refractivity contribution in [3.63, 3.8) is 0 Å². The van der Waals surface area contributed by atoms with Crippen LogP contribution in [0.2, 0.25) is 0 Å². The van der Waals surface area contributed by atoms with Gasteiger partial charge in [0.2, 0.25) is 5.89 Å². The molecule has 1 aliphatic rings. The minimum atomic E-state index is 0.145.